The lowest BCUT2D eigenvalue weighted by atomic mass is 9.85. The maximum absolute atomic E-state index is 13.8. The fourth-order valence-corrected chi connectivity index (χ4v) is 6.45. The fourth-order valence-electron chi connectivity index (χ4n) is 5.56. The highest BCUT2D eigenvalue weighted by molar-refractivity contribution is 7.14. The van der Waals surface area contributed by atoms with Gasteiger partial charge < -0.3 is 29.5 Å². The summed E-state index contributed by atoms with van der Waals surface area (Å²) in [6.45, 7) is 12.2. The molecule has 2 amide bonds. The van der Waals surface area contributed by atoms with Crippen molar-refractivity contribution in [1.29, 1.82) is 0 Å². The highest BCUT2D eigenvalue weighted by Crippen LogP contribution is 2.33. The van der Waals surface area contributed by atoms with Gasteiger partial charge in [-0.15, -0.1) is 11.3 Å². The van der Waals surface area contributed by atoms with E-state index < -0.39 is 23.6 Å². The second kappa shape index (κ2) is 11.6. The van der Waals surface area contributed by atoms with Crippen molar-refractivity contribution in [2.45, 2.75) is 52.0 Å². The summed E-state index contributed by atoms with van der Waals surface area (Å²) >= 11 is 1.63. The van der Waals surface area contributed by atoms with Crippen LogP contribution in [0.2, 0.25) is 0 Å². The molecule has 3 fully saturated rings. The number of ketones is 1. The monoisotopic (exact) mass is 569 g/mol. The molecule has 3 saturated heterocycles. The summed E-state index contributed by atoms with van der Waals surface area (Å²) in [6.07, 6.45) is -0.834. The van der Waals surface area contributed by atoms with Crippen LogP contribution in [0.15, 0.2) is 29.6 Å². The first-order valence-electron chi connectivity index (χ1n) is 13.9. The van der Waals surface area contributed by atoms with Crippen LogP contribution >= 0.6 is 11.3 Å². The minimum Gasteiger partial charge on any atom is -0.374 e. The van der Waals surface area contributed by atoms with Crippen LogP contribution in [0.3, 0.4) is 0 Å². The van der Waals surface area contributed by atoms with E-state index in [-0.39, 0.29) is 36.9 Å². The first kappa shape index (κ1) is 28.7. The normalized spacial score (nSPS) is 24.3. The Hall–Kier alpha value is -2.86. The van der Waals surface area contributed by atoms with Crippen LogP contribution in [0.1, 0.15) is 38.1 Å². The summed E-state index contributed by atoms with van der Waals surface area (Å²) in [5, 5.41) is 6.01. The van der Waals surface area contributed by atoms with Gasteiger partial charge >= 0.3 is 0 Å². The summed E-state index contributed by atoms with van der Waals surface area (Å²) in [5.74, 6) is -0.775. The van der Waals surface area contributed by atoms with Crippen LogP contribution in [0.5, 0.6) is 0 Å². The van der Waals surface area contributed by atoms with E-state index in [9.17, 15) is 14.4 Å². The molecule has 1 N–H and O–H groups in total. The molecule has 10 nitrogen and oxygen atoms in total. The predicted octanol–water partition coefficient (Wildman–Crippen LogP) is 2.29. The maximum Gasteiger partial charge on any atom is 0.251 e. The molecule has 216 valence electrons. The summed E-state index contributed by atoms with van der Waals surface area (Å²) in [5.41, 5.74) is 1.67. The van der Waals surface area contributed by atoms with E-state index in [1.54, 1.807) is 28.4 Å². The van der Waals surface area contributed by atoms with Gasteiger partial charge in [0.1, 0.15) is 30.9 Å². The second-order valence-corrected chi connectivity index (χ2v) is 12.7. The third kappa shape index (κ3) is 5.79. The number of hydrogen-bond acceptors (Lipinski definition) is 9. The van der Waals surface area contributed by atoms with E-state index in [0.717, 1.165) is 42.6 Å². The highest BCUT2D eigenvalue weighted by atomic mass is 32.1. The molecule has 4 atom stereocenters. The molecular formula is C29H39N5O5S. The number of carbonyl (C=O) groups excluding carboxylic acids is 3. The molecule has 11 heteroatoms. The quantitative estimate of drug-likeness (QED) is 0.542. The van der Waals surface area contributed by atoms with Gasteiger partial charge in [-0.2, -0.15) is 0 Å². The number of aromatic nitrogens is 1. The molecular weight excluding hydrogens is 530 g/mol. The van der Waals surface area contributed by atoms with E-state index in [2.05, 4.69) is 22.2 Å². The number of nitrogens with one attached hydrogen (secondary N) is 1. The molecule has 3 aliphatic rings. The van der Waals surface area contributed by atoms with Gasteiger partial charge in [-0.1, -0.05) is 32.9 Å². The first-order chi connectivity index (χ1) is 19.1. The van der Waals surface area contributed by atoms with Gasteiger partial charge in [-0.05, 0) is 31.5 Å². The van der Waals surface area contributed by atoms with E-state index in [0.29, 0.717) is 12.2 Å². The number of likely N-dealkylation sites (tertiary alicyclic amines) is 1. The Kier molecular flexibility index (Phi) is 8.28. The summed E-state index contributed by atoms with van der Waals surface area (Å²) in [6, 6.07) is 5.78. The fraction of sp³-hybridized carbons (Fsp3) is 0.586. The molecule has 1 unspecified atom stereocenters. The van der Waals surface area contributed by atoms with E-state index in [1.807, 2.05) is 45.2 Å². The Labute approximate surface area is 239 Å². The van der Waals surface area contributed by atoms with Crippen molar-refractivity contribution >= 4 is 34.1 Å². The molecule has 5 rings (SSSR count). The average molecular weight is 570 g/mol. The number of benzene rings is 1. The topological polar surface area (TPSA) is 104 Å². The molecule has 1 aromatic heterocycles. The average Bonchev–Trinajstić information content (AvgIpc) is 3.65. The summed E-state index contributed by atoms with van der Waals surface area (Å²) in [7, 11) is 2.13. The highest BCUT2D eigenvalue weighted by Gasteiger charge is 2.54. The van der Waals surface area contributed by atoms with Crippen molar-refractivity contribution in [1.82, 2.24) is 20.1 Å². The molecule has 0 aliphatic carbocycles. The maximum atomic E-state index is 13.8. The third-order valence-corrected chi connectivity index (χ3v) is 8.80. The number of amides is 2. The van der Waals surface area contributed by atoms with Crippen molar-refractivity contribution in [2.75, 3.05) is 57.9 Å². The largest absolute Gasteiger partial charge is 0.374 e. The minimum atomic E-state index is -0.834. The second-order valence-electron chi connectivity index (χ2n) is 11.8. The molecule has 0 radical (unpaired) electrons. The van der Waals surface area contributed by atoms with Gasteiger partial charge in [0.25, 0.3) is 5.91 Å². The minimum absolute atomic E-state index is 0.0303. The van der Waals surface area contributed by atoms with Gasteiger partial charge in [0.15, 0.2) is 10.9 Å². The number of thiazole rings is 1. The molecule has 4 heterocycles. The molecule has 0 bridgehead atoms. The van der Waals surface area contributed by atoms with Gasteiger partial charge in [-0.3, -0.25) is 14.4 Å². The number of anilines is 1. The Morgan fingerprint density at radius 2 is 1.88 bits per heavy atom. The molecule has 0 saturated carbocycles. The van der Waals surface area contributed by atoms with Crippen molar-refractivity contribution in [3.05, 3.63) is 35.2 Å². The number of hydrogen-bond donors (Lipinski definition) is 1. The number of piperazine rings is 1. The van der Waals surface area contributed by atoms with Gasteiger partial charge in [-0.25, -0.2) is 4.98 Å². The Morgan fingerprint density at radius 1 is 1.18 bits per heavy atom. The predicted molar refractivity (Wildman–Crippen MR) is 154 cm³/mol. The Balaban J connectivity index is 1.28. The van der Waals surface area contributed by atoms with Crippen LogP contribution in [0.25, 0.3) is 11.3 Å². The van der Waals surface area contributed by atoms with Crippen molar-refractivity contribution in [3.63, 3.8) is 0 Å². The first-order valence-corrected chi connectivity index (χ1v) is 14.8. The van der Waals surface area contributed by atoms with Crippen molar-refractivity contribution in [2.24, 2.45) is 5.41 Å². The van der Waals surface area contributed by atoms with Gasteiger partial charge in [0, 0.05) is 49.3 Å². The van der Waals surface area contributed by atoms with E-state index in [1.165, 1.54) is 0 Å². The van der Waals surface area contributed by atoms with Gasteiger partial charge in [0.05, 0.1) is 12.2 Å². The number of likely N-dealkylation sites (N-methyl/N-ethyl adjacent to an activating group) is 1. The van der Waals surface area contributed by atoms with Crippen LogP contribution in [0.4, 0.5) is 5.13 Å². The SMILES string of the molecule is CCO[C@H]1CN(C(=O)C(NC(=O)c2ccc(-c3csc(N4CCN(C)CC4)n3)cc2)C(C)(C)C)[C@@H]2C(=O)CO[C@H]12. The number of rotatable bonds is 7. The van der Waals surface area contributed by atoms with Crippen LogP contribution < -0.4 is 10.2 Å². The van der Waals surface area contributed by atoms with Gasteiger partial charge in [0.2, 0.25) is 5.91 Å². The molecule has 1 aromatic carbocycles. The lowest BCUT2D eigenvalue weighted by molar-refractivity contribution is -0.140. The number of nitrogens with zero attached hydrogens (tertiary/aromatic N) is 4. The number of Topliss-reactive ketones (excluding diaryl/α,β-unsaturated/α-hetero) is 1. The van der Waals surface area contributed by atoms with Crippen LogP contribution in [0, 0.1) is 5.41 Å². The number of ether oxygens (including phenoxy) is 2. The molecule has 0 spiro atoms. The third-order valence-electron chi connectivity index (χ3n) is 7.90. The zero-order valence-corrected chi connectivity index (χ0v) is 24.7. The molecule has 40 heavy (non-hydrogen) atoms. The number of carbonyl (C=O) groups is 3. The Bertz CT molecular complexity index is 1230. The lowest BCUT2D eigenvalue weighted by Gasteiger charge is -2.35. The summed E-state index contributed by atoms with van der Waals surface area (Å²) in [4.78, 5) is 50.8. The molecule has 3 aliphatic heterocycles. The Morgan fingerprint density at radius 3 is 2.52 bits per heavy atom. The van der Waals surface area contributed by atoms with E-state index in [4.69, 9.17) is 14.5 Å². The summed E-state index contributed by atoms with van der Waals surface area (Å²) < 4.78 is 11.5. The standard InChI is InChI=1S/C29H39N5O5S/c1-6-38-22-15-34(23-21(35)16-39-24(22)23)27(37)25(29(2,3)4)31-26(36)19-9-7-18(8-10-19)20-17-40-28(30-20)33-13-11-32(5)12-14-33/h7-10,17,22-25H,6,11-16H2,1-5H3,(H,31,36)/t22-,23+,24+,25?/m0/s1. The molecule has 2 aromatic rings. The van der Waals surface area contributed by atoms with Crippen molar-refractivity contribution in [3.8, 4) is 11.3 Å². The number of fused-ring (bicyclic) bond motifs is 1. The zero-order valence-electron chi connectivity index (χ0n) is 23.9. The van der Waals surface area contributed by atoms with Crippen LogP contribution in [-0.2, 0) is 19.1 Å². The lowest BCUT2D eigenvalue weighted by Crippen LogP contribution is -2.57. The smallest absolute Gasteiger partial charge is 0.251 e. The van der Waals surface area contributed by atoms with E-state index >= 15 is 0 Å². The van der Waals surface area contributed by atoms with Crippen molar-refractivity contribution < 1.29 is 23.9 Å². The van der Waals surface area contributed by atoms with Crippen LogP contribution in [-0.4, -0.2) is 110 Å². The zero-order chi connectivity index (χ0) is 28.6.